The molecule has 4 heteroatoms. The third kappa shape index (κ3) is 4.09. The van der Waals surface area contributed by atoms with Crippen molar-refractivity contribution in [2.24, 2.45) is 5.73 Å². The second kappa shape index (κ2) is 6.81. The van der Waals surface area contributed by atoms with E-state index in [4.69, 9.17) is 10.5 Å². The lowest BCUT2D eigenvalue weighted by molar-refractivity contribution is 0.200. The van der Waals surface area contributed by atoms with Gasteiger partial charge in [0.25, 0.3) is 0 Å². The van der Waals surface area contributed by atoms with Gasteiger partial charge in [-0.25, -0.2) is 4.98 Å². The second-order valence-corrected chi connectivity index (χ2v) is 4.02. The minimum atomic E-state index is 0.557. The molecular formula is C10H16N2OS. The van der Waals surface area contributed by atoms with Gasteiger partial charge in [0.2, 0.25) is 0 Å². The van der Waals surface area contributed by atoms with Crippen molar-refractivity contribution in [2.45, 2.75) is 18.0 Å². The molecule has 1 aromatic heterocycles. The van der Waals surface area contributed by atoms with E-state index in [9.17, 15) is 0 Å². The number of rotatable bonds is 6. The SMILES string of the molecule is COCCCSc1ccc(CN)cn1. The van der Waals surface area contributed by atoms with Crippen molar-refractivity contribution in [1.29, 1.82) is 0 Å². The molecule has 0 bridgehead atoms. The lowest BCUT2D eigenvalue weighted by Crippen LogP contribution is -1.97. The highest BCUT2D eigenvalue weighted by atomic mass is 32.2. The molecule has 0 amide bonds. The van der Waals surface area contributed by atoms with Crippen molar-refractivity contribution in [3.05, 3.63) is 23.9 Å². The molecule has 0 aliphatic heterocycles. The summed E-state index contributed by atoms with van der Waals surface area (Å²) in [5.74, 6) is 1.04. The number of pyridine rings is 1. The molecule has 14 heavy (non-hydrogen) atoms. The van der Waals surface area contributed by atoms with Gasteiger partial charge in [-0.2, -0.15) is 0 Å². The first-order chi connectivity index (χ1) is 6.86. The summed E-state index contributed by atoms with van der Waals surface area (Å²) in [5.41, 5.74) is 6.55. The first-order valence-corrected chi connectivity index (χ1v) is 5.62. The lowest BCUT2D eigenvalue weighted by atomic mass is 10.3. The van der Waals surface area contributed by atoms with Gasteiger partial charge in [-0.3, -0.25) is 0 Å². The van der Waals surface area contributed by atoms with Gasteiger partial charge in [-0.05, 0) is 18.1 Å². The molecule has 1 aromatic rings. The highest BCUT2D eigenvalue weighted by Crippen LogP contribution is 2.15. The second-order valence-electron chi connectivity index (χ2n) is 2.90. The van der Waals surface area contributed by atoms with Crippen LogP contribution in [0.1, 0.15) is 12.0 Å². The number of hydrogen-bond donors (Lipinski definition) is 1. The number of nitrogens with two attached hydrogens (primary N) is 1. The van der Waals surface area contributed by atoms with Crippen molar-refractivity contribution in [3.8, 4) is 0 Å². The van der Waals surface area contributed by atoms with Crippen LogP contribution in [0.5, 0.6) is 0 Å². The van der Waals surface area contributed by atoms with Crippen molar-refractivity contribution in [1.82, 2.24) is 4.98 Å². The van der Waals surface area contributed by atoms with E-state index in [1.165, 1.54) is 0 Å². The Balaban J connectivity index is 2.29. The Kier molecular flexibility index (Phi) is 5.59. The molecule has 78 valence electrons. The molecule has 0 saturated carbocycles. The van der Waals surface area contributed by atoms with Crippen LogP contribution in [0.4, 0.5) is 0 Å². The minimum Gasteiger partial charge on any atom is -0.385 e. The molecule has 0 aliphatic carbocycles. The Morgan fingerprint density at radius 2 is 2.36 bits per heavy atom. The number of nitrogens with zero attached hydrogens (tertiary/aromatic N) is 1. The van der Waals surface area contributed by atoms with Gasteiger partial charge in [0.1, 0.15) is 0 Å². The van der Waals surface area contributed by atoms with E-state index in [2.05, 4.69) is 4.98 Å². The average Bonchev–Trinajstić information content (AvgIpc) is 2.25. The summed E-state index contributed by atoms with van der Waals surface area (Å²) in [6, 6.07) is 4.03. The van der Waals surface area contributed by atoms with Gasteiger partial charge in [0.05, 0.1) is 5.03 Å². The maximum atomic E-state index is 5.48. The summed E-state index contributed by atoms with van der Waals surface area (Å²) >= 11 is 1.75. The summed E-state index contributed by atoms with van der Waals surface area (Å²) in [6.45, 7) is 1.37. The summed E-state index contributed by atoms with van der Waals surface area (Å²) < 4.78 is 4.97. The van der Waals surface area contributed by atoms with Gasteiger partial charge in [-0.1, -0.05) is 6.07 Å². The highest BCUT2D eigenvalue weighted by molar-refractivity contribution is 7.99. The van der Waals surface area contributed by atoms with E-state index in [1.807, 2.05) is 18.3 Å². The third-order valence-corrected chi connectivity index (χ3v) is 2.81. The van der Waals surface area contributed by atoms with Crippen LogP contribution in [-0.2, 0) is 11.3 Å². The molecule has 1 heterocycles. The Labute approximate surface area is 89.1 Å². The Bertz CT molecular complexity index is 251. The molecule has 0 saturated heterocycles. The van der Waals surface area contributed by atoms with E-state index in [0.717, 1.165) is 29.4 Å². The standard InChI is InChI=1S/C10H16N2OS/c1-13-5-2-6-14-10-4-3-9(7-11)8-12-10/h3-4,8H,2,5-7,11H2,1H3. The summed E-state index contributed by atoms with van der Waals surface area (Å²) in [5, 5.41) is 1.05. The van der Waals surface area contributed by atoms with Crippen molar-refractivity contribution in [3.63, 3.8) is 0 Å². The van der Waals surface area contributed by atoms with Gasteiger partial charge in [0, 0.05) is 32.2 Å². The molecule has 0 atom stereocenters. The largest absolute Gasteiger partial charge is 0.385 e. The van der Waals surface area contributed by atoms with Crippen LogP contribution in [0.2, 0.25) is 0 Å². The maximum absolute atomic E-state index is 5.48. The van der Waals surface area contributed by atoms with E-state index in [0.29, 0.717) is 6.54 Å². The molecule has 1 rings (SSSR count). The van der Waals surface area contributed by atoms with Crippen LogP contribution < -0.4 is 5.73 Å². The topological polar surface area (TPSA) is 48.1 Å². The van der Waals surface area contributed by atoms with E-state index in [-0.39, 0.29) is 0 Å². The molecule has 3 nitrogen and oxygen atoms in total. The predicted octanol–water partition coefficient (Wildman–Crippen LogP) is 1.67. The number of thioether (sulfide) groups is 1. The molecule has 2 N–H and O–H groups in total. The number of aromatic nitrogens is 1. The normalized spacial score (nSPS) is 10.4. The van der Waals surface area contributed by atoms with Crippen molar-refractivity contribution in [2.75, 3.05) is 19.5 Å². The van der Waals surface area contributed by atoms with Crippen LogP contribution in [0.15, 0.2) is 23.4 Å². The zero-order valence-electron chi connectivity index (χ0n) is 8.40. The molecule has 0 aromatic carbocycles. The lowest BCUT2D eigenvalue weighted by Gasteiger charge is -2.01. The smallest absolute Gasteiger partial charge is 0.0960 e. The zero-order valence-corrected chi connectivity index (χ0v) is 9.22. The monoisotopic (exact) mass is 212 g/mol. The van der Waals surface area contributed by atoms with Crippen LogP contribution >= 0.6 is 11.8 Å². The number of methoxy groups -OCH3 is 1. The van der Waals surface area contributed by atoms with Crippen LogP contribution in [0.3, 0.4) is 0 Å². The Morgan fingerprint density at radius 1 is 1.50 bits per heavy atom. The van der Waals surface area contributed by atoms with Crippen molar-refractivity contribution >= 4 is 11.8 Å². The minimum absolute atomic E-state index is 0.557. The van der Waals surface area contributed by atoms with Gasteiger partial charge in [0.15, 0.2) is 0 Å². The predicted molar refractivity (Wildman–Crippen MR) is 59.3 cm³/mol. The fourth-order valence-electron chi connectivity index (χ4n) is 0.997. The van der Waals surface area contributed by atoms with Gasteiger partial charge >= 0.3 is 0 Å². The van der Waals surface area contributed by atoms with E-state index in [1.54, 1.807) is 18.9 Å². The summed E-state index contributed by atoms with van der Waals surface area (Å²) in [4.78, 5) is 4.29. The fourth-order valence-corrected chi connectivity index (χ4v) is 1.76. The van der Waals surface area contributed by atoms with Gasteiger partial charge < -0.3 is 10.5 Å². The maximum Gasteiger partial charge on any atom is 0.0960 e. The van der Waals surface area contributed by atoms with E-state index >= 15 is 0 Å². The van der Waals surface area contributed by atoms with E-state index < -0.39 is 0 Å². The first-order valence-electron chi connectivity index (χ1n) is 4.63. The highest BCUT2D eigenvalue weighted by Gasteiger charge is 1.95. The molecule has 0 aliphatic rings. The molecular weight excluding hydrogens is 196 g/mol. The summed E-state index contributed by atoms with van der Waals surface area (Å²) in [7, 11) is 1.72. The number of ether oxygens (including phenoxy) is 1. The Hall–Kier alpha value is -0.580. The third-order valence-electron chi connectivity index (χ3n) is 1.78. The van der Waals surface area contributed by atoms with Crippen LogP contribution in [0.25, 0.3) is 0 Å². The fraction of sp³-hybridized carbons (Fsp3) is 0.500. The van der Waals surface area contributed by atoms with Crippen LogP contribution in [-0.4, -0.2) is 24.5 Å². The van der Waals surface area contributed by atoms with Crippen LogP contribution in [0, 0.1) is 0 Å². The zero-order chi connectivity index (χ0) is 10.2. The molecule has 0 radical (unpaired) electrons. The quantitative estimate of drug-likeness (QED) is 0.575. The molecule has 0 unspecified atom stereocenters. The molecule has 0 spiro atoms. The van der Waals surface area contributed by atoms with Crippen molar-refractivity contribution < 1.29 is 4.74 Å². The Morgan fingerprint density at radius 3 is 2.93 bits per heavy atom. The summed E-state index contributed by atoms with van der Waals surface area (Å²) in [6.07, 6.45) is 2.89. The first kappa shape index (κ1) is 11.5. The molecule has 0 fully saturated rings. The number of hydrogen-bond acceptors (Lipinski definition) is 4. The average molecular weight is 212 g/mol. The van der Waals surface area contributed by atoms with Gasteiger partial charge in [-0.15, -0.1) is 11.8 Å².